The third-order valence-electron chi connectivity index (χ3n) is 13.5. The molecule has 65 heavy (non-hydrogen) atoms. The van der Waals surface area contributed by atoms with Crippen molar-refractivity contribution in [2.24, 2.45) is 0 Å². The maximum atomic E-state index is 2.52. The lowest BCUT2D eigenvalue weighted by Crippen LogP contribution is -1.98. The number of benzene rings is 11. The number of hydrogen-bond acceptors (Lipinski definition) is 0. The van der Waals surface area contributed by atoms with E-state index in [-0.39, 0.29) is 0 Å². The molecular weight excluding hydrogens is 785 g/mol. The lowest BCUT2D eigenvalue weighted by molar-refractivity contribution is 1.17. The molecule has 13 aromatic rings. The van der Waals surface area contributed by atoms with Gasteiger partial charge in [-0.2, -0.15) is 0 Å². The van der Waals surface area contributed by atoms with Crippen LogP contribution in [0.4, 0.5) is 0 Å². The highest BCUT2D eigenvalue weighted by Gasteiger charge is 2.21. The second-order valence-electron chi connectivity index (χ2n) is 17.4. The largest absolute Gasteiger partial charge is 0.309 e. The first-order valence-corrected chi connectivity index (χ1v) is 22.5. The molecule has 0 bridgehead atoms. The van der Waals surface area contributed by atoms with Gasteiger partial charge in [0.05, 0.1) is 22.1 Å². The highest BCUT2D eigenvalue weighted by Crippen LogP contribution is 2.43. The minimum atomic E-state index is 1.15. The lowest BCUT2D eigenvalue weighted by Gasteiger charge is -2.15. The molecule has 0 saturated carbocycles. The maximum absolute atomic E-state index is 2.52. The molecule has 11 aromatic carbocycles. The quantitative estimate of drug-likeness (QED) is 0.158. The molecule has 0 amide bonds. The van der Waals surface area contributed by atoms with Crippen molar-refractivity contribution < 1.29 is 0 Å². The molecule has 0 aliphatic rings. The first kappa shape index (κ1) is 37.1. The molecule has 2 nitrogen and oxygen atoms in total. The Balaban J connectivity index is 1.06. The van der Waals surface area contributed by atoms with E-state index in [1.165, 1.54) is 115 Å². The zero-order valence-corrected chi connectivity index (χ0v) is 35.9. The summed E-state index contributed by atoms with van der Waals surface area (Å²) in [6.07, 6.45) is 0. The Bertz CT molecular complexity index is 3930. The Morgan fingerprint density at radius 3 is 1.51 bits per heavy atom. The van der Waals surface area contributed by atoms with Crippen molar-refractivity contribution in [2.45, 2.75) is 6.92 Å². The van der Waals surface area contributed by atoms with Crippen LogP contribution in [-0.2, 0) is 0 Å². The maximum Gasteiger partial charge on any atom is 0.0570 e. The van der Waals surface area contributed by atoms with E-state index in [0.717, 1.165) is 11.4 Å². The number of aryl methyl sites for hydroxylation is 1. The predicted molar refractivity (Wildman–Crippen MR) is 277 cm³/mol. The van der Waals surface area contributed by atoms with Crippen LogP contribution in [0.25, 0.3) is 121 Å². The van der Waals surface area contributed by atoms with Crippen molar-refractivity contribution >= 4 is 65.2 Å². The van der Waals surface area contributed by atoms with E-state index >= 15 is 0 Å². The molecule has 2 heteroatoms. The van der Waals surface area contributed by atoms with Crippen LogP contribution in [0.5, 0.6) is 0 Å². The summed E-state index contributed by atoms with van der Waals surface area (Å²) in [5.41, 5.74) is 18.0. The molecule has 0 aliphatic heterocycles. The minimum absolute atomic E-state index is 1.15. The number of nitrogens with zero attached hydrogens (tertiary/aromatic N) is 2. The molecule has 0 radical (unpaired) electrons. The highest BCUT2D eigenvalue weighted by molar-refractivity contribution is 6.22. The zero-order chi connectivity index (χ0) is 43.0. The van der Waals surface area contributed by atoms with Crippen molar-refractivity contribution in [3.8, 4) is 55.9 Å². The van der Waals surface area contributed by atoms with E-state index in [9.17, 15) is 0 Å². The predicted octanol–water partition coefficient (Wildman–Crippen LogP) is 17.2. The fourth-order valence-electron chi connectivity index (χ4n) is 10.5. The summed E-state index contributed by atoms with van der Waals surface area (Å²) in [5, 5.41) is 9.99. The van der Waals surface area contributed by atoms with Gasteiger partial charge in [0, 0.05) is 32.9 Å². The first-order chi connectivity index (χ1) is 32.1. The average Bonchev–Trinajstić information content (AvgIpc) is 3.89. The van der Waals surface area contributed by atoms with Gasteiger partial charge >= 0.3 is 0 Å². The van der Waals surface area contributed by atoms with Gasteiger partial charge in [0.2, 0.25) is 0 Å². The van der Waals surface area contributed by atoms with Gasteiger partial charge in [0.25, 0.3) is 0 Å². The van der Waals surface area contributed by atoms with Crippen LogP contribution in [0, 0.1) is 6.92 Å². The second-order valence-corrected chi connectivity index (χ2v) is 17.4. The summed E-state index contributed by atoms with van der Waals surface area (Å²) in [6, 6.07) is 87.1. The monoisotopic (exact) mass is 826 g/mol. The van der Waals surface area contributed by atoms with Crippen LogP contribution < -0.4 is 0 Å². The smallest absolute Gasteiger partial charge is 0.0570 e. The fourth-order valence-corrected chi connectivity index (χ4v) is 10.5. The Morgan fingerprint density at radius 1 is 0.262 bits per heavy atom. The molecule has 13 rings (SSSR count). The van der Waals surface area contributed by atoms with Crippen LogP contribution >= 0.6 is 0 Å². The Kier molecular flexibility index (Phi) is 8.47. The first-order valence-electron chi connectivity index (χ1n) is 22.5. The Morgan fingerprint density at radius 2 is 0.800 bits per heavy atom. The van der Waals surface area contributed by atoms with E-state index < -0.39 is 0 Å². The topological polar surface area (TPSA) is 9.86 Å². The minimum Gasteiger partial charge on any atom is -0.309 e. The van der Waals surface area contributed by atoms with Gasteiger partial charge in [-0.3, -0.25) is 0 Å². The molecule has 0 unspecified atom stereocenters. The van der Waals surface area contributed by atoms with E-state index in [0.29, 0.717) is 0 Å². The zero-order valence-electron chi connectivity index (χ0n) is 35.9. The summed E-state index contributed by atoms with van der Waals surface area (Å²) >= 11 is 0. The molecule has 2 heterocycles. The molecule has 0 N–H and O–H groups in total. The van der Waals surface area contributed by atoms with E-state index in [1.807, 2.05) is 0 Å². The molecule has 2 aromatic heterocycles. The summed E-state index contributed by atoms with van der Waals surface area (Å²) in [7, 11) is 0. The van der Waals surface area contributed by atoms with Gasteiger partial charge in [0.1, 0.15) is 0 Å². The van der Waals surface area contributed by atoms with Gasteiger partial charge in [-0.25, -0.2) is 0 Å². The van der Waals surface area contributed by atoms with Crippen molar-refractivity contribution in [1.29, 1.82) is 0 Å². The van der Waals surface area contributed by atoms with Crippen LogP contribution in [-0.4, -0.2) is 9.13 Å². The van der Waals surface area contributed by atoms with Gasteiger partial charge in [0.15, 0.2) is 0 Å². The normalized spacial score (nSPS) is 11.8. The SMILES string of the molecule is Cc1cc(-c2ccc3c(c2)c2c4ccccc4ccc2n3-c2cccc(-c3ccccc3)c2)cc2c3cc4ccccc4cc3n(-c3cc(-c4ccccc4)cc(-c4ccccc4)c3)c12. The van der Waals surface area contributed by atoms with Crippen molar-refractivity contribution in [1.82, 2.24) is 9.13 Å². The van der Waals surface area contributed by atoms with Crippen LogP contribution in [0.3, 0.4) is 0 Å². The van der Waals surface area contributed by atoms with Gasteiger partial charge < -0.3 is 9.13 Å². The molecular formula is C63H42N2. The van der Waals surface area contributed by atoms with Crippen LogP contribution in [0.2, 0.25) is 0 Å². The second kappa shape index (κ2) is 14.8. The summed E-state index contributed by atoms with van der Waals surface area (Å²) in [5.74, 6) is 0. The molecule has 0 aliphatic carbocycles. The van der Waals surface area contributed by atoms with E-state index in [1.54, 1.807) is 0 Å². The van der Waals surface area contributed by atoms with E-state index in [4.69, 9.17) is 0 Å². The van der Waals surface area contributed by atoms with Crippen LogP contribution in [0.1, 0.15) is 5.56 Å². The number of hydrogen-bond donors (Lipinski definition) is 0. The Hall–Kier alpha value is -8.46. The van der Waals surface area contributed by atoms with Crippen molar-refractivity contribution in [2.75, 3.05) is 0 Å². The van der Waals surface area contributed by atoms with Crippen LogP contribution in [0.15, 0.2) is 237 Å². The summed E-state index contributed by atoms with van der Waals surface area (Å²) < 4.78 is 4.97. The van der Waals surface area contributed by atoms with Crippen molar-refractivity contribution in [3.05, 3.63) is 242 Å². The van der Waals surface area contributed by atoms with Gasteiger partial charge in [-0.15, -0.1) is 0 Å². The molecule has 0 saturated heterocycles. The summed E-state index contributed by atoms with van der Waals surface area (Å²) in [6.45, 7) is 2.29. The number of aromatic nitrogens is 2. The van der Waals surface area contributed by atoms with E-state index in [2.05, 4.69) is 253 Å². The standard InChI is InChI=1S/C63H42N2/c1-41-32-50(49-29-30-59-58(38-49)62-55-27-14-13-22-45(55)28-31-60(62)64(59)53-26-15-25-46(34-53)42-16-5-2-6-17-42)39-57-56-37-47-23-11-12-24-48(47)40-61(56)65(63(41)57)54-35-51(43-18-7-3-8-19-43)33-52(36-54)44-20-9-4-10-21-44/h2-40H,1H3. The summed E-state index contributed by atoms with van der Waals surface area (Å²) in [4.78, 5) is 0. The molecule has 0 fully saturated rings. The lowest BCUT2D eigenvalue weighted by atomic mass is 9.96. The number of fused-ring (bicyclic) bond motifs is 9. The third-order valence-corrected chi connectivity index (χ3v) is 13.5. The molecule has 304 valence electrons. The fraction of sp³-hybridized carbons (Fsp3) is 0.0159. The average molecular weight is 827 g/mol. The molecule has 0 spiro atoms. The number of rotatable bonds is 6. The van der Waals surface area contributed by atoms with Gasteiger partial charge in [-0.05, 0) is 151 Å². The third kappa shape index (κ3) is 6.10. The Labute approximate surface area is 377 Å². The highest BCUT2D eigenvalue weighted by atomic mass is 15.0. The van der Waals surface area contributed by atoms with Crippen molar-refractivity contribution in [3.63, 3.8) is 0 Å². The molecule has 0 atom stereocenters. The van der Waals surface area contributed by atoms with Gasteiger partial charge in [-0.1, -0.05) is 164 Å².